The number of carboxylic acid groups (broad SMARTS) is 1. The molecule has 0 aromatic carbocycles. The van der Waals surface area contributed by atoms with E-state index in [-0.39, 0.29) is 32.0 Å². The Labute approximate surface area is 121 Å². The molecule has 0 aliphatic carbocycles. The number of hydrogen-bond acceptors (Lipinski definition) is 6. The van der Waals surface area contributed by atoms with Gasteiger partial charge < -0.3 is 15.2 Å². The first-order chi connectivity index (χ1) is 9.93. The molecule has 1 aliphatic heterocycles. The zero-order valence-electron chi connectivity index (χ0n) is 11.8. The molecule has 1 saturated heterocycles. The summed E-state index contributed by atoms with van der Waals surface area (Å²) in [5, 5.41) is 21.8. The van der Waals surface area contributed by atoms with Gasteiger partial charge in [0.2, 0.25) is 0 Å². The number of aromatic nitrogens is 3. The first kappa shape index (κ1) is 15.1. The molecule has 0 atom stereocenters. The van der Waals surface area contributed by atoms with Gasteiger partial charge in [-0.1, -0.05) is 0 Å². The lowest BCUT2D eigenvalue weighted by Crippen LogP contribution is -2.58. The molecular formula is C12H17N5O4. The second kappa shape index (κ2) is 6.00. The number of anilines is 1. The zero-order valence-corrected chi connectivity index (χ0v) is 11.8. The largest absolute Gasteiger partial charge is 0.480 e. The third-order valence-corrected chi connectivity index (χ3v) is 3.43. The Balaban J connectivity index is 2.05. The highest BCUT2D eigenvalue weighted by atomic mass is 16.5. The Bertz CT molecular complexity index is 557. The topological polar surface area (TPSA) is 126 Å². The molecule has 1 aromatic rings. The zero-order chi connectivity index (χ0) is 15.5. The number of amides is 2. The van der Waals surface area contributed by atoms with E-state index in [4.69, 9.17) is 4.74 Å². The van der Waals surface area contributed by atoms with E-state index in [2.05, 4.69) is 25.8 Å². The van der Waals surface area contributed by atoms with Crippen molar-refractivity contribution >= 4 is 17.9 Å². The van der Waals surface area contributed by atoms with Crippen molar-refractivity contribution in [2.75, 3.05) is 18.5 Å². The third kappa shape index (κ3) is 3.43. The summed E-state index contributed by atoms with van der Waals surface area (Å²) in [6.07, 6.45) is 0.420. The highest BCUT2D eigenvalue weighted by Crippen LogP contribution is 2.21. The minimum absolute atomic E-state index is 0.0307. The lowest BCUT2D eigenvalue weighted by atomic mass is 9.90. The number of rotatable bonds is 3. The van der Waals surface area contributed by atoms with Crippen LogP contribution >= 0.6 is 0 Å². The molecule has 2 heterocycles. The van der Waals surface area contributed by atoms with Crippen molar-refractivity contribution in [1.82, 2.24) is 20.5 Å². The molecule has 1 aromatic heterocycles. The Morgan fingerprint density at radius 1 is 1.19 bits per heavy atom. The van der Waals surface area contributed by atoms with Gasteiger partial charge in [-0.25, -0.2) is 14.6 Å². The number of hydrogen-bond donors (Lipinski definition) is 3. The van der Waals surface area contributed by atoms with E-state index in [1.54, 1.807) is 13.8 Å². The molecule has 0 radical (unpaired) electrons. The van der Waals surface area contributed by atoms with Crippen molar-refractivity contribution in [1.29, 1.82) is 0 Å². The van der Waals surface area contributed by atoms with Crippen molar-refractivity contribution in [2.24, 2.45) is 0 Å². The fraction of sp³-hybridized carbons (Fsp3) is 0.583. The van der Waals surface area contributed by atoms with Crippen LogP contribution in [-0.4, -0.2) is 51.0 Å². The first-order valence-corrected chi connectivity index (χ1v) is 6.51. The molecule has 1 fully saturated rings. The van der Waals surface area contributed by atoms with E-state index >= 15 is 0 Å². The molecule has 2 rings (SSSR count). The number of ether oxygens (including phenoxy) is 1. The van der Waals surface area contributed by atoms with Crippen molar-refractivity contribution in [3.05, 3.63) is 11.4 Å². The van der Waals surface area contributed by atoms with E-state index in [9.17, 15) is 14.7 Å². The second-order valence-electron chi connectivity index (χ2n) is 4.88. The molecule has 9 nitrogen and oxygen atoms in total. The van der Waals surface area contributed by atoms with Crippen molar-refractivity contribution in [3.8, 4) is 0 Å². The van der Waals surface area contributed by atoms with Crippen LogP contribution in [0.5, 0.6) is 0 Å². The van der Waals surface area contributed by atoms with Crippen LogP contribution in [0.2, 0.25) is 0 Å². The van der Waals surface area contributed by atoms with Crippen molar-refractivity contribution in [3.63, 3.8) is 0 Å². The Morgan fingerprint density at radius 3 is 2.43 bits per heavy atom. The lowest BCUT2D eigenvalue weighted by Gasteiger charge is -2.33. The number of aryl methyl sites for hydroxylation is 2. The summed E-state index contributed by atoms with van der Waals surface area (Å²) < 4.78 is 5.13. The molecule has 0 saturated carbocycles. The van der Waals surface area contributed by atoms with Crippen LogP contribution in [0.15, 0.2) is 0 Å². The van der Waals surface area contributed by atoms with E-state index in [1.807, 2.05) is 0 Å². The van der Waals surface area contributed by atoms with Gasteiger partial charge in [-0.15, -0.1) is 5.10 Å². The molecule has 2 amide bonds. The normalized spacial score (nSPS) is 17.0. The minimum atomic E-state index is -1.32. The van der Waals surface area contributed by atoms with E-state index < -0.39 is 17.5 Å². The fourth-order valence-electron chi connectivity index (χ4n) is 1.97. The van der Waals surface area contributed by atoms with Crippen LogP contribution < -0.4 is 10.6 Å². The van der Waals surface area contributed by atoms with Gasteiger partial charge in [-0.05, 0) is 13.8 Å². The van der Waals surface area contributed by atoms with E-state index in [0.717, 1.165) is 0 Å². The second-order valence-corrected chi connectivity index (χ2v) is 4.88. The predicted molar refractivity (Wildman–Crippen MR) is 71.9 cm³/mol. The summed E-state index contributed by atoms with van der Waals surface area (Å²) in [7, 11) is 0. The molecule has 0 unspecified atom stereocenters. The lowest BCUT2D eigenvalue weighted by molar-refractivity contribution is -0.148. The minimum Gasteiger partial charge on any atom is -0.480 e. The van der Waals surface area contributed by atoms with Crippen LogP contribution in [-0.2, 0) is 9.53 Å². The highest BCUT2D eigenvalue weighted by Gasteiger charge is 2.41. The average Bonchev–Trinajstić information content (AvgIpc) is 2.43. The molecule has 114 valence electrons. The predicted octanol–water partition coefficient (Wildman–Crippen LogP) is 0.244. The summed E-state index contributed by atoms with van der Waals surface area (Å²) >= 11 is 0. The summed E-state index contributed by atoms with van der Waals surface area (Å²) in [5.74, 6) is -1.05. The molecule has 3 N–H and O–H groups in total. The summed E-state index contributed by atoms with van der Waals surface area (Å²) in [6.45, 7) is 4.06. The monoisotopic (exact) mass is 295 g/mol. The number of urea groups is 1. The molecule has 9 heteroatoms. The number of nitrogens with one attached hydrogen (secondary N) is 2. The van der Waals surface area contributed by atoms with Gasteiger partial charge in [0.25, 0.3) is 5.95 Å². The molecular weight excluding hydrogens is 278 g/mol. The van der Waals surface area contributed by atoms with Gasteiger partial charge in [-0.3, -0.25) is 5.32 Å². The number of carboxylic acids is 1. The average molecular weight is 295 g/mol. The number of aliphatic carboxylic acids is 1. The number of carbonyl (C=O) groups is 2. The molecule has 1 aliphatic rings. The first-order valence-electron chi connectivity index (χ1n) is 6.51. The maximum atomic E-state index is 12.0. The SMILES string of the molecule is Cc1nnc(NC(=O)NC2(C(=O)O)CCOCC2)nc1C. The van der Waals surface area contributed by atoms with Crippen molar-refractivity contribution < 1.29 is 19.4 Å². The quantitative estimate of drug-likeness (QED) is 0.729. The summed E-state index contributed by atoms with van der Waals surface area (Å²) in [5.41, 5.74) is -0.0260. The highest BCUT2D eigenvalue weighted by molar-refractivity contribution is 5.92. The van der Waals surface area contributed by atoms with Crippen LogP contribution in [0.3, 0.4) is 0 Å². The number of carbonyl (C=O) groups excluding carboxylic acids is 1. The van der Waals surface area contributed by atoms with E-state index in [1.165, 1.54) is 0 Å². The molecule has 0 spiro atoms. The van der Waals surface area contributed by atoms with Crippen LogP contribution in [0, 0.1) is 13.8 Å². The Hall–Kier alpha value is -2.29. The van der Waals surface area contributed by atoms with Crippen LogP contribution in [0.25, 0.3) is 0 Å². The maximum absolute atomic E-state index is 12.0. The Kier molecular flexibility index (Phi) is 4.32. The summed E-state index contributed by atoms with van der Waals surface area (Å²) in [4.78, 5) is 27.4. The van der Waals surface area contributed by atoms with Gasteiger partial charge in [0.05, 0.1) is 11.4 Å². The van der Waals surface area contributed by atoms with Crippen LogP contribution in [0.4, 0.5) is 10.7 Å². The van der Waals surface area contributed by atoms with Gasteiger partial charge in [0, 0.05) is 26.1 Å². The molecule has 21 heavy (non-hydrogen) atoms. The van der Waals surface area contributed by atoms with Gasteiger partial charge in [-0.2, -0.15) is 5.10 Å². The van der Waals surface area contributed by atoms with Gasteiger partial charge in [0.1, 0.15) is 5.54 Å². The smallest absolute Gasteiger partial charge is 0.329 e. The molecule has 0 bridgehead atoms. The van der Waals surface area contributed by atoms with Crippen molar-refractivity contribution in [2.45, 2.75) is 32.2 Å². The van der Waals surface area contributed by atoms with E-state index in [0.29, 0.717) is 11.4 Å². The van der Waals surface area contributed by atoms with Gasteiger partial charge >= 0.3 is 12.0 Å². The van der Waals surface area contributed by atoms with Crippen LogP contribution in [0.1, 0.15) is 24.2 Å². The standard InChI is InChI=1S/C12H17N5O4/c1-7-8(2)16-17-10(13-7)14-11(20)15-12(9(18)19)3-5-21-6-4-12/h3-6H2,1-2H3,(H,18,19)(H2,13,14,15,17,20). The maximum Gasteiger partial charge on any atom is 0.329 e. The van der Waals surface area contributed by atoms with Gasteiger partial charge in [0.15, 0.2) is 0 Å². The Morgan fingerprint density at radius 2 is 1.86 bits per heavy atom. The summed E-state index contributed by atoms with van der Waals surface area (Å²) in [6, 6.07) is -0.677. The third-order valence-electron chi connectivity index (χ3n) is 3.43. The fourth-order valence-corrected chi connectivity index (χ4v) is 1.97. The number of nitrogens with zero attached hydrogens (tertiary/aromatic N) is 3.